The third kappa shape index (κ3) is 6.67. The molecule has 8 atom stereocenters. The molecule has 3 N–H and O–H groups in total. The lowest BCUT2D eigenvalue weighted by Crippen LogP contribution is -2.41. The molecule has 0 aliphatic heterocycles. The number of allylic oxidation sites excluding steroid dienone is 3. The molecule has 0 aromatic heterocycles. The maximum Gasteiger partial charge on any atom is 0.308 e. The molecule has 0 aromatic carbocycles. The molecule has 1 unspecified atom stereocenters. The van der Waals surface area contributed by atoms with Crippen molar-refractivity contribution in [2.75, 3.05) is 0 Å². The Hall–Kier alpha value is -1.66. The summed E-state index contributed by atoms with van der Waals surface area (Å²) < 4.78 is 28.9. The van der Waals surface area contributed by atoms with Gasteiger partial charge in [-0.15, -0.1) is 0 Å². The summed E-state index contributed by atoms with van der Waals surface area (Å²) in [6, 6.07) is 0. The Morgan fingerprint density at radius 2 is 2.03 bits per heavy atom. The number of hydrogen-bond donors (Lipinski definition) is 3. The fourth-order valence-corrected chi connectivity index (χ4v) is 4.72. The minimum Gasteiger partial charge on any atom is -0.481 e. The van der Waals surface area contributed by atoms with Crippen LogP contribution in [0.5, 0.6) is 0 Å². The molecule has 0 bridgehead atoms. The van der Waals surface area contributed by atoms with Gasteiger partial charge in [-0.3, -0.25) is 9.59 Å². The molecular weight excluding hydrogens is 384 g/mol. The van der Waals surface area contributed by atoms with Gasteiger partial charge in [-0.25, -0.2) is 0 Å². The number of hydrogen-bond acceptors (Lipinski definition) is 5. The third-order valence-electron chi connectivity index (χ3n) is 6.34. The lowest BCUT2D eigenvalue weighted by atomic mass is 9.65. The van der Waals surface area contributed by atoms with Crippen LogP contribution in [-0.4, -0.2) is 45.6 Å². The third-order valence-corrected chi connectivity index (χ3v) is 6.34. The van der Waals surface area contributed by atoms with Crippen molar-refractivity contribution in [3.05, 3.63) is 23.8 Å². The predicted molar refractivity (Wildman–Crippen MR) is 115 cm³/mol. The SMILES string of the molecule is [2H]C([2H])([2H])C(CC)C(=O)O[C@H]1C[C@@H](C)C=C2C=C[C@H](C)[C@H](CC[C@@H](O)C[C@@H](O)CC(=O)O)[C@H]21. The summed E-state index contributed by atoms with van der Waals surface area (Å²) in [5.74, 6) is -2.66. The molecule has 0 fully saturated rings. The molecule has 0 spiro atoms. The second kappa shape index (κ2) is 11.1. The summed E-state index contributed by atoms with van der Waals surface area (Å²) in [5.41, 5.74) is 1.07. The van der Waals surface area contributed by atoms with E-state index in [1.54, 1.807) is 6.92 Å². The molecule has 0 amide bonds. The zero-order valence-electron chi connectivity index (χ0n) is 21.2. The first-order valence-corrected chi connectivity index (χ1v) is 11.0. The van der Waals surface area contributed by atoms with Crippen LogP contribution in [-0.2, 0) is 14.3 Å². The van der Waals surface area contributed by atoms with E-state index in [2.05, 4.69) is 25.2 Å². The molecule has 2 aliphatic rings. The van der Waals surface area contributed by atoms with Crippen LogP contribution in [0.3, 0.4) is 0 Å². The van der Waals surface area contributed by atoms with E-state index in [0.717, 1.165) is 5.57 Å². The Bertz CT molecular complexity index is 747. The number of carbonyl (C=O) groups is 2. The maximum absolute atomic E-state index is 12.8. The largest absolute Gasteiger partial charge is 0.481 e. The van der Waals surface area contributed by atoms with Gasteiger partial charge in [-0.1, -0.05) is 45.9 Å². The van der Waals surface area contributed by atoms with Crippen molar-refractivity contribution in [3.63, 3.8) is 0 Å². The summed E-state index contributed by atoms with van der Waals surface area (Å²) in [7, 11) is 0. The van der Waals surface area contributed by atoms with E-state index in [0.29, 0.717) is 19.3 Å². The normalized spacial score (nSPS) is 33.2. The number of rotatable bonds is 10. The van der Waals surface area contributed by atoms with Crippen molar-refractivity contribution < 1.29 is 33.8 Å². The first-order valence-electron chi connectivity index (χ1n) is 12.5. The van der Waals surface area contributed by atoms with Crippen LogP contribution in [0, 0.1) is 29.6 Å². The smallest absolute Gasteiger partial charge is 0.308 e. The maximum atomic E-state index is 12.8. The minimum absolute atomic E-state index is 0.0111. The topological polar surface area (TPSA) is 104 Å². The summed E-state index contributed by atoms with van der Waals surface area (Å²) in [6.45, 7) is 3.36. The number of carboxylic acid groups (broad SMARTS) is 1. The van der Waals surface area contributed by atoms with Crippen LogP contribution < -0.4 is 0 Å². The summed E-state index contributed by atoms with van der Waals surface area (Å²) in [4.78, 5) is 23.5. The number of aliphatic hydroxyl groups is 2. The predicted octanol–water partition coefficient (Wildman–Crippen LogP) is 3.72. The number of fused-ring (bicyclic) bond motifs is 1. The Labute approximate surface area is 184 Å². The van der Waals surface area contributed by atoms with E-state index in [1.807, 2.05) is 6.92 Å². The number of aliphatic carboxylic acids is 1. The van der Waals surface area contributed by atoms with Gasteiger partial charge < -0.3 is 20.1 Å². The van der Waals surface area contributed by atoms with Crippen molar-refractivity contribution in [1.29, 1.82) is 0 Å². The molecule has 6 heteroatoms. The zero-order chi connectivity index (χ0) is 24.9. The number of ether oxygens (including phenoxy) is 1. The standard InChI is InChI=1S/C24H38O6/c1-5-15(3)24(29)30-21-11-14(2)10-17-7-6-16(4)20(23(17)21)9-8-18(25)12-19(26)13-22(27)28/h6-7,10,14-16,18-21,23,25-26H,5,8-9,11-13H2,1-4H3,(H,27,28)/t14-,15?,16-,18+,19+,20-,21-,23-/m0/s1/i3D3. The van der Waals surface area contributed by atoms with Gasteiger partial charge in [0, 0.05) is 10.0 Å². The number of carboxylic acids is 1. The number of esters is 1. The molecule has 0 saturated carbocycles. The highest BCUT2D eigenvalue weighted by Gasteiger charge is 2.41. The monoisotopic (exact) mass is 425 g/mol. The van der Waals surface area contributed by atoms with Crippen LogP contribution in [0.15, 0.2) is 23.8 Å². The van der Waals surface area contributed by atoms with E-state index in [9.17, 15) is 19.8 Å². The van der Waals surface area contributed by atoms with E-state index < -0.39 is 49.4 Å². The van der Waals surface area contributed by atoms with Crippen LogP contribution in [0.1, 0.15) is 70.3 Å². The van der Waals surface area contributed by atoms with E-state index in [-0.39, 0.29) is 36.5 Å². The lowest BCUT2D eigenvalue weighted by Gasteiger charge is -2.43. The lowest BCUT2D eigenvalue weighted by molar-refractivity contribution is -0.158. The summed E-state index contributed by atoms with van der Waals surface area (Å²) >= 11 is 0. The van der Waals surface area contributed by atoms with Gasteiger partial charge in [0.2, 0.25) is 0 Å². The molecule has 0 saturated heterocycles. The molecule has 2 aliphatic carbocycles. The van der Waals surface area contributed by atoms with Crippen LogP contribution in [0.25, 0.3) is 0 Å². The molecule has 30 heavy (non-hydrogen) atoms. The number of aliphatic hydroxyl groups excluding tert-OH is 2. The quantitative estimate of drug-likeness (QED) is 0.461. The Balaban J connectivity index is 2.15. The van der Waals surface area contributed by atoms with Crippen molar-refractivity contribution >= 4 is 11.9 Å². The minimum atomic E-state index is -2.41. The molecule has 6 nitrogen and oxygen atoms in total. The van der Waals surface area contributed by atoms with E-state index in [1.165, 1.54) is 0 Å². The Morgan fingerprint density at radius 1 is 1.30 bits per heavy atom. The first-order chi connectivity index (χ1) is 15.3. The second-order valence-electron chi connectivity index (χ2n) is 8.94. The second-order valence-corrected chi connectivity index (χ2v) is 8.94. The van der Waals surface area contributed by atoms with Crippen molar-refractivity contribution in [1.82, 2.24) is 0 Å². The molecular formula is C24H38O6. The van der Waals surface area contributed by atoms with Crippen molar-refractivity contribution in [2.24, 2.45) is 29.6 Å². The van der Waals surface area contributed by atoms with Gasteiger partial charge in [0.1, 0.15) is 6.10 Å². The Kier molecular flexibility index (Phi) is 7.49. The average molecular weight is 426 g/mol. The van der Waals surface area contributed by atoms with Gasteiger partial charge >= 0.3 is 11.9 Å². The van der Waals surface area contributed by atoms with Gasteiger partial charge in [0.15, 0.2) is 0 Å². The highest BCUT2D eigenvalue weighted by atomic mass is 16.5. The highest BCUT2D eigenvalue weighted by Crippen LogP contribution is 2.45. The molecule has 0 aromatic rings. The van der Waals surface area contributed by atoms with Gasteiger partial charge in [0.05, 0.1) is 24.5 Å². The van der Waals surface area contributed by atoms with Crippen molar-refractivity contribution in [2.45, 2.75) is 84.5 Å². The zero-order valence-corrected chi connectivity index (χ0v) is 18.2. The van der Waals surface area contributed by atoms with Crippen LogP contribution in [0.4, 0.5) is 0 Å². The fourth-order valence-electron chi connectivity index (χ4n) is 4.72. The molecule has 170 valence electrons. The summed E-state index contributed by atoms with van der Waals surface area (Å²) in [5, 5.41) is 29.0. The fraction of sp³-hybridized carbons (Fsp3) is 0.750. The Morgan fingerprint density at radius 3 is 2.67 bits per heavy atom. The van der Waals surface area contributed by atoms with E-state index in [4.69, 9.17) is 14.0 Å². The van der Waals surface area contributed by atoms with Gasteiger partial charge in [-0.2, -0.15) is 0 Å². The average Bonchev–Trinajstić information content (AvgIpc) is 2.65. The van der Waals surface area contributed by atoms with Crippen LogP contribution in [0.2, 0.25) is 0 Å². The molecule has 2 rings (SSSR count). The molecule has 0 heterocycles. The molecule has 0 radical (unpaired) electrons. The number of carbonyl (C=O) groups excluding carboxylic acids is 1. The highest BCUT2D eigenvalue weighted by molar-refractivity contribution is 5.72. The first kappa shape index (κ1) is 20.3. The summed E-state index contributed by atoms with van der Waals surface area (Å²) in [6.07, 6.45) is 5.28. The van der Waals surface area contributed by atoms with Crippen molar-refractivity contribution in [3.8, 4) is 0 Å². The van der Waals surface area contributed by atoms with E-state index >= 15 is 0 Å². The van der Waals surface area contributed by atoms with Gasteiger partial charge in [-0.05, 0) is 55.4 Å². The van der Waals surface area contributed by atoms with Gasteiger partial charge in [0.25, 0.3) is 0 Å². The van der Waals surface area contributed by atoms with Crippen LogP contribution >= 0.6 is 0 Å².